The molecule has 0 bridgehead atoms. The van der Waals surface area contributed by atoms with Crippen molar-refractivity contribution in [2.45, 2.75) is 31.5 Å². The summed E-state index contributed by atoms with van der Waals surface area (Å²) in [7, 11) is 1.86. The first-order valence-electron chi connectivity index (χ1n) is 6.86. The molecule has 0 saturated heterocycles. The molecule has 118 valence electrons. The number of hydrogen-bond donors (Lipinski definition) is 1. The third kappa shape index (κ3) is 4.24. The predicted octanol–water partition coefficient (Wildman–Crippen LogP) is 3.14. The normalized spacial score (nSPS) is 11.5. The molecule has 1 amide bonds. The van der Waals surface area contributed by atoms with Crippen LogP contribution in [0, 0.1) is 0 Å². The van der Waals surface area contributed by atoms with Crippen molar-refractivity contribution in [1.82, 2.24) is 20.1 Å². The first-order chi connectivity index (χ1) is 10.3. The SMILES string of the molecule is Cn1c(SCC(=O)NC(C)(C)C)nnc1-c1ccccc1Cl. The van der Waals surface area contributed by atoms with Gasteiger partial charge in [0.25, 0.3) is 0 Å². The van der Waals surface area contributed by atoms with Gasteiger partial charge in [0.15, 0.2) is 11.0 Å². The zero-order chi connectivity index (χ0) is 16.3. The minimum atomic E-state index is -0.236. The van der Waals surface area contributed by atoms with Crippen LogP contribution >= 0.6 is 23.4 Å². The van der Waals surface area contributed by atoms with Crippen LogP contribution in [0.3, 0.4) is 0 Å². The molecule has 2 aromatic rings. The number of thioether (sulfide) groups is 1. The number of hydrogen-bond acceptors (Lipinski definition) is 4. The molecule has 0 atom stereocenters. The number of halogens is 1. The maximum atomic E-state index is 11.9. The zero-order valence-electron chi connectivity index (χ0n) is 13.1. The van der Waals surface area contributed by atoms with Crippen molar-refractivity contribution in [2.75, 3.05) is 5.75 Å². The largest absolute Gasteiger partial charge is 0.351 e. The number of nitrogens with one attached hydrogen (secondary N) is 1. The van der Waals surface area contributed by atoms with Gasteiger partial charge in [-0.3, -0.25) is 4.79 Å². The molecule has 0 radical (unpaired) electrons. The fraction of sp³-hybridized carbons (Fsp3) is 0.400. The van der Waals surface area contributed by atoms with Crippen molar-refractivity contribution in [2.24, 2.45) is 7.05 Å². The number of nitrogens with zero attached hydrogens (tertiary/aromatic N) is 3. The number of rotatable bonds is 4. The summed E-state index contributed by atoms with van der Waals surface area (Å²) in [6.07, 6.45) is 0. The Morgan fingerprint density at radius 2 is 2.00 bits per heavy atom. The van der Waals surface area contributed by atoms with Crippen LogP contribution in [-0.4, -0.2) is 32.0 Å². The molecular formula is C15H19ClN4OS. The number of benzene rings is 1. The van der Waals surface area contributed by atoms with Crippen molar-refractivity contribution in [3.63, 3.8) is 0 Å². The summed E-state index contributed by atoms with van der Waals surface area (Å²) in [5.41, 5.74) is 0.588. The minimum absolute atomic E-state index is 0.0280. The lowest BCUT2D eigenvalue weighted by Crippen LogP contribution is -2.41. The molecule has 2 rings (SSSR count). The third-order valence-corrected chi connectivity index (χ3v) is 4.15. The van der Waals surface area contributed by atoms with Crippen LogP contribution in [0.2, 0.25) is 5.02 Å². The Hall–Kier alpha value is -1.53. The van der Waals surface area contributed by atoms with Crippen LogP contribution in [0.15, 0.2) is 29.4 Å². The van der Waals surface area contributed by atoms with Gasteiger partial charge in [0.2, 0.25) is 5.91 Å². The van der Waals surface area contributed by atoms with E-state index in [1.165, 1.54) is 11.8 Å². The molecule has 22 heavy (non-hydrogen) atoms. The average Bonchev–Trinajstić information content (AvgIpc) is 2.76. The monoisotopic (exact) mass is 338 g/mol. The van der Waals surface area contributed by atoms with Crippen molar-refractivity contribution in [1.29, 1.82) is 0 Å². The van der Waals surface area contributed by atoms with Crippen LogP contribution in [0.25, 0.3) is 11.4 Å². The lowest BCUT2D eigenvalue weighted by Gasteiger charge is -2.20. The van der Waals surface area contributed by atoms with E-state index in [9.17, 15) is 4.79 Å². The molecule has 1 heterocycles. The van der Waals surface area contributed by atoms with Crippen LogP contribution in [0.1, 0.15) is 20.8 Å². The summed E-state index contributed by atoms with van der Waals surface area (Å²) in [6.45, 7) is 5.86. The average molecular weight is 339 g/mol. The van der Waals surface area contributed by atoms with Crippen molar-refractivity contribution in [3.8, 4) is 11.4 Å². The highest BCUT2D eigenvalue weighted by atomic mass is 35.5. The molecule has 1 N–H and O–H groups in total. The Morgan fingerprint density at radius 3 is 2.64 bits per heavy atom. The molecule has 1 aromatic heterocycles. The Bertz CT molecular complexity index is 678. The minimum Gasteiger partial charge on any atom is -0.351 e. The quantitative estimate of drug-likeness (QED) is 0.870. The van der Waals surface area contributed by atoms with Crippen molar-refractivity contribution >= 4 is 29.3 Å². The summed E-state index contributed by atoms with van der Waals surface area (Å²) in [4.78, 5) is 11.9. The molecule has 0 aliphatic carbocycles. The maximum absolute atomic E-state index is 11.9. The van der Waals surface area contributed by atoms with Gasteiger partial charge in [-0.05, 0) is 32.9 Å². The molecule has 0 spiro atoms. The van der Waals surface area contributed by atoms with Crippen LogP contribution in [-0.2, 0) is 11.8 Å². The van der Waals surface area contributed by atoms with E-state index in [-0.39, 0.29) is 11.4 Å². The van der Waals surface area contributed by atoms with Gasteiger partial charge in [-0.2, -0.15) is 0 Å². The summed E-state index contributed by atoms with van der Waals surface area (Å²) < 4.78 is 1.84. The van der Waals surface area contributed by atoms with Crippen LogP contribution in [0.4, 0.5) is 0 Å². The number of aromatic nitrogens is 3. The first kappa shape index (κ1) is 16.8. The molecule has 1 aromatic carbocycles. The van der Waals surface area contributed by atoms with Gasteiger partial charge >= 0.3 is 0 Å². The third-order valence-electron chi connectivity index (χ3n) is 2.80. The number of amides is 1. The van der Waals surface area contributed by atoms with Gasteiger partial charge in [0.05, 0.1) is 10.8 Å². The topological polar surface area (TPSA) is 59.8 Å². The van der Waals surface area contributed by atoms with E-state index >= 15 is 0 Å². The smallest absolute Gasteiger partial charge is 0.230 e. The molecule has 0 unspecified atom stereocenters. The fourth-order valence-corrected chi connectivity index (χ4v) is 2.83. The van der Waals surface area contributed by atoms with Gasteiger partial charge in [0, 0.05) is 18.2 Å². The van der Waals surface area contributed by atoms with E-state index in [0.717, 1.165) is 5.56 Å². The molecule has 0 saturated carbocycles. The highest BCUT2D eigenvalue weighted by molar-refractivity contribution is 7.99. The van der Waals surface area contributed by atoms with Crippen LogP contribution in [0.5, 0.6) is 0 Å². The lowest BCUT2D eigenvalue weighted by atomic mass is 10.1. The van der Waals surface area contributed by atoms with E-state index in [2.05, 4.69) is 15.5 Å². The van der Waals surface area contributed by atoms with Gasteiger partial charge in [-0.25, -0.2) is 0 Å². The van der Waals surface area contributed by atoms with Gasteiger partial charge in [0.1, 0.15) is 0 Å². The fourth-order valence-electron chi connectivity index (χ4n) is 1.90. The molecule has 5 nitrogen and oxygen atoms in total. The van der Waals surface area contributed by atoms with Crippen molar-refractivity contribution < 1.29 is 4.79 Å². The Labute approximate surface area is 139 Å². The summed E-state index contributed by atoms with van der Waals surface area (Å²) in [5, 5.41) is 12.5. The number of carbonyl (C=O) groups is 1. The first-order valence-corrected chi connectivity index (χ1v) is 8.22. The van der Waals surface area contributed by atoms with E-state index in [1.807, 2.05) is 56.7 Å². The second-order valence-corrected chi connectivity index (χ2v) is 7.28. The Kier molecular flexibility index (Phi) is 5.13. The summed E-state index contributed by atoms with van der Waals surface area (Å²) in [5.74, 6) is 0.954. The Balaban J connectivity index is 2.09. The standard InChI is InChI=1S/C15H19ClN4OS/c1-15(2,3)17-12(21)9-22-14-19-18-13(20(14)4)10-7-5-6-8-11(10)16/h5-8H,9H2,1-4H3,(H,17,21). The highest BCUT2D eigenvalue weighted by Gasteiger charge is 2.17. The predicted molar refractivity (Wildman–Crippen MR) is 90.1 cm³/mol. The highest BCUT2D eigenvalue weighted by Crippen LogP contribution is 2.28. The molecule has 0 aliphatic heterocycles. The van der Waals surface area contributed by atoms with Crippen LogP contribution < -0.4 is 5.32 Å². The van der Waals surface area contributed by atoms with Gasteiger partial charge in [-0.15, -0.1) is 10.2 Å². The maximum Gasteiger partial charge on any atom is 0.230 e. The Morgan fingerprint density at radius 1 is 1.32 bits per heavy atom. The molecule has 0 fully saturated rings. The van der Waals surface area contributed by atoms with Gasteiger partial charge < -0.3 is 9.88 Å². The summed E-state index contributed by atoms with van der Waals surface area (Å²) in [6, 6.07) is 7.48. The molecule has 7 heteroatoms. The zero-order valence-corrected chi connectivity index (χ0v) is 14.6. The number of carbonyl (C=O) groups excluding carboxylic acids is 1. The van der Waals surface area contributed by atoms with Crippen molar-refractivity contribution in [3.05, 3.63) is 29.3 Å². The van der Waals surface area contributed by atoms with E-state index in [4.69, 9.17) is 11.6 Å². The molecular weight excluding hydrogens is 320 g/mol. The van der Waals surface area contributed by atoms with E-state index < -0.39 is 0 Å². The lowest BCUT2D eigenvalue weighted by molar-refractivity contribution is -0.119. The van der Waals surface area contributed by atoms with E-state index in [1.54, 1.807) is 0 Å². The second kappa shape index (κ2) is 6.71. The van der Waals surface area contributed by atoms with Gasteiger partial charge in [-0.1, -0.05) is 35.5 Å². The van der Waals surface area contributed by atoms with E-state index in [0.29, 0.717) is 21.8 Å². The molecule has 0 aliphatic rings. The second-order valence-electron chi connectivity index (χ2n) is 5.93. The summed E-state index contributed by atoms with van der Waals surface area (Å²) >= 11 is 7.54.